The van der Waals surface area contributed by atoms with Gasteiger partial charge in [-0.05, 0) is 42.3 Å². The molecule has 4 nitrogen and oxygen atoms in total. The predicted octanol–water partition coefficient (Wildman–Crippen LogP) is 3.56. The minimum absolute atomic E-state index is 0.0499. The van der Waals surface area contributed by atoms with Crippen molar-refractivity contribution >= 4 is 17.5 Å². The fourth-order valence-corrected chi connectivity index (χ4v) is 3.13. The molecule has 0 radical (unpaired) electrons. The van der Waals surface area contributed by atoms with Crippen LogP contribution in [0.4, 0.5) is 4.39 Å². The Morgan fingerprint density at radius 2 is 1.96 bits per heavy atom. The summed E-state index contributed by atoms with van der Waals surface area (Å²) in [5.74, 6) is -0.332. The summed E-state index contributed by atoms with van der Waals surface area (Å²) in [5.41, 5.74) is 1.92. The topological polar surface area (TPSA) is 41.6 Å². The minimum atomic E-state index is -0.282. The number of rotatable bonds is 5. The number of nitrogens with zero attached hydrogens (tertiary/aromatic N) is 1. The molecule has 138 valence electrons. The molecule has 1 aliphatic rings. The summed E-state index contributed by atoms with van der Waals surface area (Å²) in [4.78, 5) is 14.6. The Balaban J connectivity index is 1.55. The highest BCUT2D eigenvalue weighted by Crippen LogP contribution is 2.24. The summed E-state index contributed by atoms with van der Waals surface area (Å²) in [6, 6.07) is 13.5. The Hall–Kier alpha value is -1.95. The third-order valence-electron chi connectivity index (χ3n) is 4.65. The third kappa shape index (κ3) is 4.81. The van der Waals surface area contributed by atoms with Crippen molar-refractivity contribution in [3.63, 3.8) is 0 Å². The molecule has 0 bridgehead atoms. The Kier molecular flexibility index (Phi) is 6.25. The van der Waals surface area contributed by atoms with Gasteiger partial charge in [0.2, 0.25) is 5.91 Å². The van der Waals surface area contributed by atoms with Gasteiger partial charge >= 0.3 is 0 Å². The van der Waals surface area contributed by atoms with Gasteiger partial charge in [-0.15, -0.1) is 0 Å². The highest BCUT2D eigenvalue weighted by atomic mass is 35.5. The Morgan fingerprint density at radius 1 is 1.27 bits per heavy atom. The van der Waals surface area contributed by atoms with E-state index in [2.05, 4.69) is 10.2 Å². The molecule has 0 saturated carbocycles. The lowest BCUT2D eigenvalue weighted by atomic mass is 10.1. The van der Waals surface area contributed by atoms with Gasteiger partial charge in [0, 0.05) is 24.7 Å². The molecule has 2 atom stereocenters. The molecule has 1 heterocycles. The zero-order valence-electron chi connectivity index (χ0n) is 14.6. The SMILES string of the molecule is CC(C(=O)NCc1ccc(F)cc1)N1CCOC(c2ccc(Cl)cc2)C1. The van der Waals surface area contributed by atoms with Gasteiger partial charge in [-0.25, -0.2) is 4.39 Å². The van der Waals surface area contributed by atoms with Gasteiger partial charge in [-0.1, -0.05) is 35.9 Å². The first kappa shape index (κ1) is 18.8. The molecule has 6 heteroatoms. The summed E-state index contributed by atoms with van der Waals surface area (Å²) in [6.07, 6.45) is -0.0756. The standard InChI is InChI=1S/C20H22ClFN2O2/c1-14(20(25)23-12-15-2-8-18(22)9-3-15)24-10-11-26-19(13-24)16-4-6-17(21)7-5-16/h2-9,14,19H,10-13H2,1H3,(H,23,25). The largest absolute Gasteiger partial charge is 0.371 e. The number of benzene rings is 2. The molecule has 0 aromatic heterocycles. The molecule has 1 saturated heterocycles. The monoisotopic (exact) mass is 376 g/mol. The summed E-state index contributed by atoms with van der Waals surface area (Å²) >= 11 is 5.94. The van der Waals surface area contributed by atoms with Crippen molar-refractivity contribution in [2.45, 2.75) is 25.6 Å². The van der Waals surface area contributed by atoms with E-state index in [4.69, 9.17) is 16.3 Å². The van der Waals surface area contributed by atoms with Gasteiger partial charge in [0.05, 0.1) is 18.8 Å². The Labute approximate surface area is 157 Å². The van der Waals surface area contributed by atoms with Crippen LogP contribution >= 0.6 is 11.6 Å². The van der Waals surface area contributed by atoms with E-state index in [-0.39, 0.29) is 23.9 Å². The first-order valence-corrected chi connectivity index (χ1v) is 9.04. The number of hydrogen-bond donors (Lipinski definition) is 1. The van der Waals surface area contributed by atoms with Crippen LogP contribution in [-0.4, -0.2) is 36.5 Å². The van der Waals surface area contributed by atoms with Crippen molar-refractivity contribution in [3.05, 3.63) is 70.5 Å². The van der Waals surface area contributed by atoms with Crippen LogP contribution in [0, 0.1) is 5.82 Å². The van der Waals surface area contributed by atoms with Crippen LogP contribution in [0.3, 0.4) is 0 Å². The fourth-order valence-electron chi connectivity index (χ4n) is 3.00. The average Bonchev–Trinajstić information content (AvgIpc) is 2.67. The maximum atomic E-state index is 12.9. The number of carbonyl (C=O) groups is 1. The van der Waals surface area contributed by atoms with E-state index in [0.29, 0.717) is 31.3 Å². The quantitative estimate of drug-likeness (QED) is 0.867. The highest BCUT2D eigenvalue weighted by molar-refractivity contribution is 6.30. The second-order valence-electron chi connectivity index (χ2n) is 6.43. The number of halogens is 2. The van der Waals surface area contributed by atoms with Crippen LogP contribution in [0.15, 0.2) is 48.5 Å². The number of carbonyl (C=O) groups excluding carboxylic acids is 1. The Bertz CT molecular complexity index is 736. The summed E-state index contributed by atoms with van der Waals surface area (Å²) in [7, 11) is 0. The van der Waals surface area contributed by atoms with E-state index in [1.165, 1.54) is 12.1 Å². The number of morpholine rings is 1. The molecule has 26 heavy (non-hydrogen) atoms. The average molecular weight is 377 g/mol. The third-order valence-corrected chi connectivity index (χ3v) is 4.90. The smallest absolute Gasteiger partial charge is 0.237 e. The first-order valence-electron chi connectivity index (χ1n) is 8.66. The van der Waals surface area contributed by atoms with Gasteiger partial charge in [-0.2, -0.15) is 0 Å². The van der Waals surface area contributed by atoms with Crippen LogP contribution in [0.2, 0.25) is 5.02 Å². The van der Waals surface area contributed by atoms with Gasteiger partial charge in [0.25, 0.3) is 0 Å². The Morgan fingerprint density at radius 3 is 2.65 bits per heavy atom. The van der Waals surface area contributed by atoms with Gasteiger partial charge in [0.15, 0.2) is 0 Å². The van der Waals surface area contributed by atoms with E-state index in [1.54, 1.807) is 12.1 Å². The molecule has 0 spiro atoms. The van der Waals surface area contributed by atoms with Crippen molar-refractivity contribution in [2.75, 3.05) is 19.7 Å². The summed E-state index contributed by atoms with van der Waals surface area (Å²) < 4.78 is 18.8. The van der Waals surface area contributed by atoms with E-state index in [1.807, 2.05) is 31.2 Å². The lowest BCUT2D eigenvalue weighted by Crippen LogP contribution is -2.50. The normalized spacial score (nSPS) is 19.1. The van der Waals surface area contributed by atoms with Crippen molar-refractivity contribution in [1.29, 1.82) is 0 Å². The lowest BCUT2D eigenvalue weighted by molar-refractivity contribution is -0.129. The van der Waals surface area contributed by atoms with Crippen LogP contribution in [-0.2, 0) is 16.1 Å². The predicted molar refractivity (Wildman–Crippen MR) is 99.4 cm³/mol. The highest BCUT2D eigenvalue weighted by Gasteiger charge is 2.28. The van der Waals surface area contributed by atoms with Gasteiger partial charge in [-0.3, -0.25) is 9.69 Å². The van der Waals surface area contributed by atoms with Crippen molar-refractivity contribution in [2.24, 2.45) is 0 Å². The molecule has 1 amide bonds. The number of ether oxygens (including phenoxy) is 1. The van der Waals surface area contributed by atoms with Crippen LogP contribution < -0.4 is 5.32 Å². The summed E-state index contributed by atoms with van der Waals surface area (Å²) in [5, 5.41) is 3.61. The molecule has 1 aliphatic heterocycles. The molecule has 0 aliphatic carbocycles. The number of amides is 1. The lowest BCUT2D eigenvalue weighted by Gasteiger charge is -2.36. The minimum Gasteiger partial charge on any atom is -0.371 e. The van der Waals surface area contributed by atoms with E-state index in [0.717, 1.165) is 11.1 Å². The van der Waals surface area contributed by atoms with E-state index in [9.17, 15) is 9.18 Å². The molecular formula is C20H22ClFN2O2. The second kappa shape index (κ2) is 8.62. The van der Waals surface area contributed by atoms with E-state index < -0.39 is 0 Å². The second-order valence-corrected chi connectivity index (χ2v) is 6.86. The van der Waals surface area contributed by atoms with Crippen molar-refractivity contribution in [3.8, 4) is 0 Å². The molecule has 2 aromatic rings. The molecule has 1 N–H and O–H groups in total. The van der Waals surface area contributed by atoms with Gasteiger partial charge < -0.3 is 10.1 Å². The zero-order valence-corrected chi connectivity index (χ0v) is 15.4. The summed E-state index contributed by atoms with van der Waals surface area (Å²) in [6.45, 7) is 4.20. The van der Waals surface area contributed by atoms with Crippen LogP contribution in [0.5, 0.6) is 0 Å². The maximum Gasteiger partial charge on any atom is 0.237 e. The maximum absolute atomic E-state index is 12.9. The molecular weight excluding hydrogens is 355 g/mol. The number of nitrogens with one attached hydrogen (secondary N) is 1. The van der Waals surface area contributed by atoms with Crippen LogP contribution in [0.1, 0.15) is 24.2 Å². The van der Waals surface area contributed by atoms with Gasteiger partial charge in [0.1, 0.15) is 5.82 Å². The van der Waals surface area contributed by atoms with Crippen molar-refractivity contribution in [1.82, 2.24) is 10.2 Å². The first-order chi connectivity index (χ1) is 12.5. The molecule has 1 fully saturated rings. The molecule has 2 unspecified atom stereocenters. The van der Waals surface area contributed by atoms with E-state index >= 15 is 0 Å². The molecule has 2 aromatic carbocycles. The fraction of sp³-hybridized carbons (Fsp3) is 0.350. The zero-order chi connectivity index (χ0) is 18.5. The van der Waals surface area contributed by atoms with Crippen molar-refractivity contribution < 1.29 is 13.9 Å². The number of hydrogen-bond acceptors (Lipinski definition) is 3. The molecule has 3 rings (SSSR count). The van der Waals surface area contributed by atoms with Crippen LogP contribution in [0.25, 0.3) is 0 Å².